The van der Waals surface area contributed by atoms with Gasteiger partial charge in [0.1, 0.15) is 0 Å². The third kappa shape index (κ3) is 2.58. The van der Waals surface area contributed by atoms with Gasteiger partial charge in [-0.1, -0.05) is 12.1 Å². The maximum absolute atomic E-state index is 12.0. The predicted molar refractivity (Wildman–Crippen MR) is 72.4 cm³/mol. The third-order valence-electron chi connectivity index (χ3n) is 2.98. The monoisotopic (exact) mass is 297 g/mol. The van der Waals surface area contributed by atoms with Crippen molar-refractivity contribution < 1.29 is 18.0 Å². The minimum absolute atomic E-state index is 0.0218. The first-order chi connectivity index (χ1) is 9.34. The molecule has 0 saturated heterocycles. The van der Waals surface area contributed by atoms with Crippen molar-refractivity contribution in [2.75, 3.05) is 26.4 Å². The number of carbonyl (C=O) groups excluding carboxylic acids is 2. The second-order valence-electron chi connectivity index (χ2n) is 4.50. The number of nitrogens with zero attached hydrogens (tertiary/aromatic N) is 2. The van der Waals surface area contributed by atoms with E-state index >= 15 is 0 Å². The molecule has 1 aliphatic rings. The van der Waals surface area contributed by atoms with Crippen LogP contribution >= 0.6 is 0 Å². The van der Waals surface area contributed by atoms with Gasteiger partial charge >= 0.3 is 0 Å². The van der Waals surface area contributed by atoms with Crippen LogP contribution in [-0.2, 0) is 10.0 Å². The van der Waals surface area contributed by atoms with E-state index < -0.39 is 21.8 Å². The molecule has 20 heavy (non-hydrogen) atoms. The van der Waals surface area contributed by atoms with Crippen molar-refractivity contribution in [1.82, 2.24) is 14.7 Å². The minimum Gasteiger partial charge on any atom is -0.267 e. The molecule has 108 valence electrons. The van der Waals surface area contributed by atoms with E-state index in [9.17, 15) is 18.0 Å². The highest BCUT2D eigenvalue weighted by Gasteiger charge is 2.35. The molecule has 1 aromatic rings. The first-order valence-corrected chi connectivity index (χ1v) is 7.57. The fraction of sp³-hybridized carbons (Fsp3) is 0.333. The average Bonchev–Trinajstić information content (AvgIpc) is 2.64. The summed E-state index contributed by atoms with van der Waals surface area (Å²) in [6, 6.07) is 6.47. The zero-order chi connectivity index (χ0) is 14.9. The summed E-state index contributed by atoms with van der Waals surface area (Å²) in [5.41, 5.74) is 3.21. The zero-order valence-electron chi connectivity index (χ0n) is 11.2. The van der Waals surface area contributed by atoms with Crippen LogP contribution in [0.1, 0.15) is 20.7 Å². The molecule has 1 N–H and O–H groups in total. The number of sulfonamides is 1. The SMILES string of the molecule is CN(C)S(=O)(=O)CCNN1C(=O)c2ccccc2C1=O. The van der Waals surface area contributed by atoms with Crippen LogP contribution < -0.4 is 5.43 Å². The highest BCUT2D eigenvalue weighted by molar-refractivity contribution is 7.89. The molecule has 2 amide bonds. The molecule has 0 atom stereocenters. The van der Waals surface area contributed by atoms with E-state index in [-0.39, 0.29) is 12.3 Å². The molecule has 8 heteroatoms. The van der Waals surface area contributed by atoms with Crippen molar-refractivity contribution >= 4 is 21.8 Å². The molecule has 0 radical (unpaired) electrons. The van der Waals surface area contributed by atoms with Gasteiger partial charge in [0.15, 0.2) is 0 Å². The van der Waals surface area contributed by atoms with Gasteiger partial charge in [0.25, 0.3) is 11.8 Å². The molecule has 0 bridgehead atoms. The van der Waals surface area contributed by atoms with Gasteiger partial charge in [-0.05, 0) is 12.1 Å². The van der Waals surface area contributed by atoms with Crippen LogP contribution in [0, 0.1) is 0 Å². The van der Waals surface area contributed by atoms with Crippen LogP contribution in [0.2, 0.25) is 0 Å². The van der Waals surface area contributed by atoms with Gasteiger partial charge in [-0.3, -0.25) is 9.59 Å². The Morgan fingerprint density at radius 1 is 1.10 bits per heavy atom. The number of imide groups is 1. The Bertz CT molecular complexity index is 619. The largest absolute Gasteiger partial charge is 0.276 e. The van der Waals surface area contributed by atoms with Gasteiger partial charge in [0, 0.05) is 20.6 Å². The third-order valence-corrected chi connectivity index (χ3v) is 4.81. The van der Waals surface area contributed by atoms with Crippen LogP contribution in [0.5, 0.6) is 0 Å². The molecule has 7 nitrogen and oxygen atoms in total. The van der Waals surface area contributed by atoms with E-state index in [1.807, 2.05) is 0 Å². The molecule has 1 aliphatic heterocycles. The molecule has 2 rings (SSSR count). The second-order valence-corrected chi connectivity index (χ2v) is 6.80. The van der Waals surface area contributed by atoms with Crippen molar-refractivity contribution in [3.05, 3.63) is 35.4 Å². The number of benzene rings is 1. The number of fused-ring (bicyclic) bond motifs is 1. The first kappa shape index (κ1) is 14.6. The predicted octanol–water partition coefficient (Wildman–Crippen LogP) is -0.321. The molecular formula is C12H15N3O4S. The minimum atomic E-state index is -3.37. The van der Waals surface area contributed by atoms with Crippen LogP contribution in [0.25, 0.3) is 0 Å². The lowest BCUT2D eigenvalue weighted by molar-refractivity contribution is 0.0571. The van der Waals surface area contributed by atoms with E-state index in [1.165, 1.54) is 14.1 Å². The molecule has 0 saturated carbocycles. The number of rotatable bonds is 5. The summed E-state index contributed by atoms with van der Waals surface area (Å²) in [6.07, 6.45) is 0. The molecular weight excluding hydrogens is 282 g/mol. The van der Waals surface area contributed by atoms with Crippen molar-refractivity contribution in [2.24, 2.45) is 0 Å². The average molecular weight is 297 g/mol. The fourth-order valence-electron chi connectivity index (χ4n) is 1.80. The number of carbonyl (C=O) groups is 2. The van der Waals surface area contributed by atoms with Crippen LogP contribution in [0.3, 0.4) is 0 Å². The summed E-state index contributed by atoms with van der Waals surface area (Å²) in [7, 11) is -0.515. The Morgan fingerprint density at radius 3 is 2.05 bits per heavy atom. The maximum atomic E-state index is 12.0. The van der Waals surface area contributed by atoms with Gasteiger partial charge in [-0.2, -0.15) is 0 Å². The van der Waals surface area contributed by atoms with E-state index in [0.29, 0.717) is 11.1 Å². The lowest BCUT2D eigenvalue weighted by Crippen LogP contribution is -2.45. The van der Waals surface area contributed by atoms with Crippen molar-refractivity contribution in [1.29, 1.82) is 0 Å². The van der Waals surface area contributed by atoms with Gasteiger partial charge in [0.05, 0.1) is 16.9 Å². The number of nitrogens with one attached hydrogen (secondary N) is 1. The van der Waals surface area contributed by atoms with Gasteiger partial charge in [-0.15, -0.1) is 0 Å². The molecule has 0 aliphatic carbocycles. The van der Waals surface area contributed by atoms with Gasteiger partial charge in [-0.25, -0.2) is 23.2 Å². The van der Waals surface area contributed by atoms with Crippen molar-refractivity contribution in [3.63, 3.8) is 0 Å². The summed E-state index contributed by atoms with van der Waals surface area (Å²) >= 11 is 0. The molecule has 0 aromatic heterocycles. The Hall–Kier alpha value is -1.77. The lowest BCUT2D eigenvalue weighted by Gasteiger charge is -2.16. The van der Waals surface area contributed by atoms with Crippen LogP contribution in [-0.4, -0.2) is 55.9 Å². The summed E-state index contributed by atoms with van der Waals surface area (Å²) < 4.78 is 24.3. The summed E-state index contributed by atoms with van der Waals surface area (Å²) in [5, 5.41) is 0.857. The van der Waals surface area contributed by atoms with Gasteiger partial charge < -0.3 is 0 Å². The van der Waals surface area contributed by atoms with E-state index in [1.54, 1.807) is 24.3 Å². The Labute approximate surface area is 117 Å². The second kappa shape index (κ2) is 5.31. The molecule has 0 fully saturated rings. The Morgan fingerprint density at radius 2 is 1.60 bits per heavy atom. The first-order valence-electron chi connectivity index (χ1n) is 5.96. The summed E-state index contributed by atoms with van der Waals surface area (Å²) in [5.74, 6) is -1.13. The number of hydrazine groups is 1. The van der Waals surface area contributed by atoms with E-state index in [4.69, 9.17) is 0 Å². The standard InChI is InChI=1S/C12H15N3O4S/c1-14(2)20(18,19)8-7-13-15-11(16)9-5-3-4-6-10(9)12(15)17/h3-6,13H,7-8H2,1-2H3. The summed E-state index contributed by atoms with van der Waals surface area (Å²) in [4.78, 5) is 24.0. The molecule has 1 aromatic carbocycles. The van der Waals surface area contributed by atoms with E-state index in [0.717, 1.165) is 9.31 Å². The summed E-state index contributed by atoms with van der Waals surface area (Å²) in [6.45, 7) is -0.0218. The molecule has 0 unspecified atom stereocenters. The van der Waals surface area contributed by atoms with E-state index in [2.05, 4.69) is 5.43 Å². The van der Waals surface area contributed by atoms with Crippen molar-refractivity contribution in [2.45, 2.75) is 0 Å². The van der Waals surface area contributed by atoms with Crippen molar-refractivity contribution in [3.8, 4) is 0 Å². The van der Waals surface area contributed by atoms with Crippen LogP contribution in [0.4, 0.5) is 0 Å². The number of amides is 2. The topological polar surface area (TPSA) is 86.8 Å². The Balaban J connectivity index is 2.03. The highest BCUT2D eigenvalue weighted by atomic mass is 32.2. The quantitative estimate of drug-likeness (QED) is 0.753. The highest BCUT2D eigenvalue weighted by Crippen LogP contribution is 2.20. The normalized spacial score (nSPS) is 15.1. The number of hydrogen-bond donors (Lipinski definition) is 1. The van der Waals surface area contributed by atoms with Crippen LogP contribution in [0.15, 0.2) is 24.3 Å². The lowest BCUT2D eigenvalue weighted by atomic mass is 10.1. The molecule has 1 heterocycles. The number of hydrogen-bond acceptors (Lipinski definition) is 5. The Kier molecular flexibility index (Phi) is 3.89. The van der Waals surface area contributed by atoms with Gasteiger partial charge in [0.2, 0.25) is 10.0 Å². The smallest absolute Gasteiger partial charge is 0.267 e. The zero-order valence-corrected chi connectivity index (χ0v) is 12.0. The maximum Gasteiger partial charge on any atom is 0.276 e. The molecule has 0 spiro atoms. The fourth-order valence-corrected chi connectivity index (χ4v) is 2.52.